The first kappa shape index (κ1) is 3.92. The Morgan fingerprint density at radius 1 is 1.86 bits per heavy atom. The summed E-state index contributed by atoms with van der Waals surface area (Å²) < 4.78 is 2.10. The van der Waals surface area contributed by atoms with E-state index in [4.69, 9.17) is 0 Å². The molecule has 0 amide bonds. The molecule has 0 saturated carbocycles. The Bertz CT molecular complexity index is 123. The summed E-state index contributed by atoms with van der Waals surface area (Å²) in [6.07, 6.45) is 1.06. The van der Waals surface area contributed by atoms with Crippen molar-refractivity contribution in [1.29, 1.82) is 0 Å². The van der Waals surface area contributed by atoms with Crippen molar-refractivity contribution in [2.75, 3.05) is 12.3 Å². The van der Waals surface area contributed by atoms with E-state index in [-0.39, 0.29) is 5.54 Å². The zero-order valence-electron chi connectivity index (χ0n) is 3.76. The van der Waals surface area contributed by atoms with Crippen molar-refractivity contribution in [2.24, 2.45) is 0 Å². The molecule has 2 atom stereocenters. The number of carbonyl (C=O) groups excluding carboxylic acids is 1. The van der Waals surface area contributed by atoms with Crippen molar-refractivity contribution in [3.8, 4) is 0 Å². The van der Waals surface area contributed by atoms with Crippen molar-refractivity contribution < 1.29 is 4.79 Å². The van der Waals surface area contributed by atoms with E-state index in [0.29, 0.717) is 0 Å². The van der Waals surface area contributed by atoms with E-state index in [2.05, 4.69) is 4.31 Å². The summed E-state index contributed by atoms with van der Waals surface area (Å²) in [7, 11) is 0. The zero-order chi connectivity index (χ0) is 4.91. The predicted octanol–water partition coefficient (Wildman–Crippen LogP) is -0.0985. The van der Waals surface area contributed by atoms with Gasteiger partial charge in [0.15, 0.2) is 0 Å². The molecule has 2 heterocycles. The molecule has 2 aliphatic heterocycles. The fraction of sp³-hybridized carbons (Fsp3) is 0.750. The molecule has 2 saturated heterocycles. The van der Waals surface area contributed by atoms with Gasteiger partial charge in [0.1, 0.15) is 11.8 Å². The maximum Gasteiger partial charge on any atom is 0.143 e. The molecule has 0 aromatic heterocycles. The van der Waals surface area contributed by atoms with Crippen LogP contribution in [0.5, 0.6) is 0 Å². The van der Waals surface area contributed by atoms with Gasteiger partial charge >= 0.3 is 0 Å². The van der Waals surface area contributed by atoms with Crippen LogP contribution in [-0.2, 0) is 4.79 Å². The van der Waals surface area contributed by atoms with Crippen LogP contribution in [0.15, 0.2) is 0 Å². The average Bonchev–Trinajstić information content (AvgIpc) is 2.12. The van der Waals surface area contributed by atoms with Crippen LogP contribution in [0.25, 0.3) is 0 Å². The molecule has 7 heavy (non-hydrogen) atoms. The van der Waals surface area contributed by atoms with E-state index in [9.17, 15) is 4.79 Å². The largest absolute Gasteiger partial charge is 0.301 e. The van der Waals surface area contributed by atoms with E-state index in [1.807, 2.05) is 0 Å². The van der Waals surface area contributed by atoms with Gasteiger partial charge in [0.05, 0.1) is 0 Å². The lowest BCUT2D eigenvalue weighted by Gasteiger charge is -2.17. The maximum atomic E-state index is 10.1. The first-order chi connectivity index (χ1) is 3.37. The van der Waals surface area contributed by atoms with Gasteiger partial charge in [0, 0.05) is 12.3 Å². The van der Waals surface area contributed by atoms with E-state index < -0.39 is 0 Å². The van der Waals surface area contributed by atoms with Crippen molar-refractivity contribution in [1.82, 2.24) is 4.31 Å². The van der Waals surface area contributed by atoms with Crippen LogP contribution in [0, 0.1) is 0 Å². The Balaban J connectivity index is 2.19. The molecule has 0 N–H and O–H groups in total. The first-order valence-electron chi connectivity index (χ1n) is 2.24. The first-order valence-corrected chi connectivity index (χ1v) is 3.19. The maximum absolute atomic E-state index is 10.1. The topological polar surface area (TPSA) is 20.1 Å². The highest BCUT2D eigenvalue weighted by Crippen LogP contribution is 2.50. The molecule has 0 bridgehead atoms. The summed E-state index contributed by atoms with van der Waals surface area (Å²) in [4.78, 5) is 10.1. The number of rotatable bonds is 1. The smallest absolute Gasteiger partial charge is 0.143 e. The lowest BCUT2D eigenvalue weighted by molar-refractivity contribution is -0.110. The standard InChI is InChI=1S/C4H5NOS/c6-2-4-1-5(4)7-3-4/h2H,1,3H2. The molecule has 0 radical (unpaired) electrons. The number of nitrogens with zero attached hydrogens (tertiary/aromatic N) is 1. The predicted molar refractivity (Wildman–Crippen MR) is 28.0 cm³/mol. The van der Waals surface area contributed by atoms with Crippen molar-refractivity contribution in [2.45, 2.75) is 5.54 Å². The highest BCUT2D eigenvalue weighted by atomic mass is 32.2. The van der Waals surface area contributed by atoms with Crippen LogP contribution in [0.1, 0.15) is 0 Å². The van der Waals surface area contributed by atoms with Crippen molar-refractivity contribution in [3.63, 3.8) is 0 Å². The van der Waals surface area contributed by atoms with Crippen molar-refractivity contribution in [3.05, 3.63) is 0 Å². The second-order valence-corrected chi connectivity index (χ2v) is 3.02. The van der Waals surface area contributed by atoms with Crippen molar-refractivity contribution >= 4 is 18.2 Å². The van der Waals surface area contributed by atoms with Gasteiger partial charge in [-0.2, -0.15) is 0 Å². The Morgan fingerprint density at radius 2 is 2.71 bits per heavy atom. The fourth-order valence-corrected chi connectivity index (χ4v) is 1.92. The molecule has 2 rings (SSSR count). The number of hydrogen-bond donors (Lipinski definition) is 0. The second-order valence-electron chi connectivity index (χ2n) is 2.03. The zero-order valence-corrected chi connectivity index (χ0v) is 4.57. The fourth-order valence-electron chi connectivity index (χ4n) is 0.756. The molecule has 0 spiro atoms. The van der Waals surface area contributed by atoms with Gasteiger partial charge in [-0.25, -0.2) is 4.31 Å². The van der Waals surface area contributed by atoms with Gasteiger partial charge in [-0.05, 0) is 0 Å². The van der Waals surface area contributed by atoms with E-state index in [1.54, 1.807) is 11.9 Å². The third-order valence-corrected chi connectivity index (χ3v) is 2.93. The normalized spacial score (nSPS) is 54.6. The molecule has 0 aliphatic carbocycles. The third-order valence-electron chi connectivity index (χ3n) is 1.50. The van der Waals surface area contributed by atoms with E-state index in [1.165, 1.54) is 0 Å². The monoisotopic (exact) mass is 115 g/mol. The van der Waals surface area contributed by atoms with Crippen LogP contribution >= 0.6 is 11.9 Å². The number of carbonyl (C=O) groups is 1. The molecule has 2 unspecified atom stereocenters. The molecule has 3 heteroatoms. The number of aldehydes is 1. The molecular formula is C4H5NOS. The van der Waals surface area contributed by atoms with Gasteiger partial charge in [0.25, 0.3) is 0 Å². The Labute approximate surface area is 46.0 Å². The molecule has 2 nitrogen and oxygen atoms in total. The van der Waals surface area contributed by atoms with Gasteiger partial charge in [-0.15, -0.1) is 0 Å². The quantitative estimate of drug-likeness (QED) is 0.270. The summed E-state index contributed by atoms with van der Waals surface area (Å²) in [6, 6.07) is 0. The third kappa shape index (κ3) is 0.293. The molecule has 0 aromatic rings. The number of hydrogen-bond acceptors (Lipinski definition) is 3. The Morgan fingerprint density at radius 3 is 2.71 bits per heavy atom. The average molecular weight is 115 g/mol. The van der Waals surface area contributed by atoms with Crippen LogP contribution in [0.2, 0.25) is 0 Å². The highest BCUT2D eigenvalue weighted by molar-refractivity contribution is 7.99. The minimum Gasteiger partial charge on any atom is -0.301 e. The van der Waals surface area contributed by atoms with Crippen LogP contribution < -0.4 is 0 Å². The summed E-state index contributed by atoms with van der Waals surface area (Å²) in [5.41, 5.74) is 0.0463. The molecule has 0 aromatic carbocycles. The van der Waals surface area contributed by atoms with Gasteiger partial charge in [0.2, 0.25) is 0 Å². The molecule has 2 fully saturated rings. The summed E-state index contributed by atoms with van der Waals surface area (Å²) in [6.45, 7) is 1.00. The minimum atomic E-state index is 0.0463. The van der Waals surface area contributed by atoms with Gasteiger partial charge in [-0.3, -0.25) is 0 Å². The number of fused-ring (bicyclic) bond motifs is 1. The van der Waals surface area contributed by atoms with Gasteiger partial charge in [-0.1, -0.05) is 11.9 Å². The summed E-state index contributed by atoms with van der Waals surface area (Å²) in [5, 5.41) is 0. The van der Waals surface area contributed by atoms with Crippen LogP contribution in [-0.4, -0.2) is 28.4 Å². The Kier molecular flexibility index (Phi) is 0.493. The molecule has 2 aliphatic rings. The lowest BCUT2D eigenvalue weighted by atomic mass is 10.2. The summed E-state index contributed by atoms with van der Waals surface area (Å²) >= 11 is 1.76. The lowest BCUT2D eigenvalue weighted by Crippen LogP contribution is -2.29. The second kappa shape index (κ2) is 0.880. The minimum absolute atomic E-state index is 0.0463. The van der Waals surface area contributed by atoms with Crippen LogP contribution in [0.4, 0.5) is 0 Å². The summed E-state index contributed by atoms with van der Waals surface area (Å²) in [5.74, 6) is 1.02. The van der Waals surface area contributed by atoms with E-state index >= 15 is 0 Å². The molecular weight excluding hydrogens is 110 g/mol. The molecule has 38 valence electrons. The van der Waals surface area contributed by atoms with E-state index in [0.717, 1.165) is 18.6 Å². The van der Waals surface area contributed by atoms with Crippen LogP contribution in [0.3, 0.4) is 0 Å². The van der Waals surface area contributed by atoms with Gasteiger partial charge < -0.3 is 4.79 Å². The highest BCUT2D eigenvalue weighted by Gasteiger charge is 2.61. The SMILES string of the molecule is O=CC12CSN1C2. The Hall–Kier alpha value is -0.0200.